The summed E-state index contributed by atoms with van der Waals surface area (Å²) >= 11 is 0. The molecule has 0 heterocycles. The first-order chi connectivity index (χ1) is 32.0. The van der Waals surface area contributed by atoms with Gasteiger partial charge < -0.3 is 14.2 Å². The summed E-state index contributed by atoms with van der Waals surface area (Å²) in [5.41, 5.74) is 0. The summed E-state index contributed by atoms with van der Waals surface area (Å²) in [5, 5.41) is 0. The molecule has 65 heavy (non-hydrogen) atoms. The second-order valence-corrected chi connectivity index (χ2v) is 18.5. The van der Waals surface area contributed by atoms with Crippen molar-refractivity contribution in [3.63, 3.8) is 0 Å². The van der Waals surface area contributed by atoms with Gasteiger partial charge in [-0.25, -0.2) is 0 Å². The Labute approximate surface area is 402 Å². The third kappa shape index (κ3) is 51.9. The van der Waals surface area contributed by atoms with Crippen molar-refractivity contribution < 1.29 is 28.6 Å². The minimum atomic E-state index is -0.781. The van der Waals surface area contributed by atoms with Crippen LogP contribution in [0.3, 0.4) is 0 Å². The number of unbranched alkanes of at least 4 members (excludes halogenated alkanes) is 29. The Morgan fingerprint density at radius 3 is 0.969 bits per heavy atom. The zero-order valence-electron chi connectivity index (χ0n) is 43.0. The minimum absolute atomic E-state index is 0.0818. The van der Waals surface area contributed by atoms with E-state index in [1.54, 1.807) is 0 Å². The van der Waals surface area contributed by atoms with E-state index in [4.69, 9.17) is 14.2 Å². The molecular weight excluding hydrogens is 805 g/mol. The molecule has 0 saturated heterocycles. The van der Waals surface area contributed by atoms with E-state index >= 15 is 0 Å². The Hall–Kier alpha value is -2.89. The molecule has 0 bridgehead atoms. The maximum atomic E-state index is 12.8. The highest BCUT2D eigenvalue weighted by atomic mass is 16.6. The topological polar surface area (TPSA) is 78.9 Å². The Bertz CT molecular complexity index is 1180. The summed E-state index contributed by atoms with van der Waals surface area (Å²) in [7, 11) is 0. The lowest BCUT2D eigenvalue weighted by molar-refractivity contribution is -0.167. The predicted octanol–water partition coefficient (Wildman–Crippen LogP) is 18.4. The Kier molecular flexibility index (Phi) is 51.3. The van der Waals surface area contributed by atoms with Gasteiger partial charge in [0.2, 0.25) is 0 Å². The number of hydrogen-bond acceptors (Lipinski definition) is 6. The number of esters is 3. The molecule has 0 aliphatic carbocycles. The van der Waals surface area contributed by atoms with Crippen LogP contribution >= 0.6 is 0 Å². The standard InChI is InChI=1S/C59H104O6/c1-4-7-10-13-16-19-22-24-25-26-27-28-29-30-31-32-33-34-35-36-38-40-43-46-49-52-58(61)64-55-56(54-63-57(60)51-48-45-42-39-21-18-15-12-9-6-3)65-59(62)53-50-47-44-41-37-23-20-17-14-11-8-5-2/h12,15,17,20,22,24,26-27,29-30,56H,4-11,13-14,16,18-19,21,23,25,28,31-55H2,1-3H3/b15-12-,20-17-,24-22-,27-26-,30-29-. The van der Waals surface area contributed by atoms with Gasteiger partial charge in [-0.2, -0.15) is 0 Å². The molecule has 0 fully saturated rings. The van der Waals surface area contributed by atoms with Crippen LogP contribution in [-0.4, -0.2) is 37.2 Å². The zero-order chi connectivity index (χ0) is 47.2. The van der Waals surface area contributed by atoms with Gasteiger partial charge in [-0.1, -0.05) is 216 Å². The minimum Gasteiger partial charge on any atom is -0.462 e. The molecular formula is C59H104O6. The van der Waals surface area contributed by atoms with Gasteiger partial charge in [0.15, 0.2) is 6.10 Å². The summed E-state index contributed by atoms with van der Waals surface area (Å²) in [4.78, 5) is 37.9. The molecule has 0 N–H and O–H groups in total. The van der Waals surface area contributed by atoms with Gasteiger partial charge in [0.05, 0.1) is 0 Å². The number of carbonyl (C=O) groups excluding carboxylic acids is 3. The highest BCUT2D eigenvalue weighted by Crippen LogP contribution is 2.15. The van der Waals surface area contributed by atoms with Crippen molar-refractivity contribution in [1.82, 2.24) is 0 Å². The quantitative estimate of drug-likeness (QED) is 0.0262. The second-order valence-electron chi connectivity index (χ2n) is 18.5. The zero-order valence-corrected chi connectivity index (χ0v) is 43.0. The van der Waals surface area contributed by atoms with Gasteiger partial charge in [-0.3, -0.25) is 14.4 Å². The van der Waals surface area contributed by atoms with Crippen molar-refractivity contribution in [3.8, 4) is 0 Å². The largest absolute Gasteiger partial charge is 0.462 e. The number of carbonyl (C=O) groups is 3. The molecule has 0 rings (SSSR count). The molecule has 0 aromatic heterocycles. The average molecular weight is 909 g/mol. The van der Waals surface area contributed by atoms with Gasteiger partial charge in [0.1, 0.15) is 13.2 Å². The highest BCUT2D eigenvalue weighted by Gasteiger charge is 2.19. The summed E-state index contributed by atoms with van der Waals surface area (Å²) in [5.74, 6) is -0.901. The van der Waals surface area contributed by atoms with E-state index < -0.39 is 6.10 Å². The van der Waals surface area contributed by atoms with Crippen LogP contribution in [0.1, 0.15) is 278 Å². The molecule has 0 radical (unpaired) electrons. The molecule has 6 heteroatoms. The van der Waals surface area contributed by atoms with Crippen LogP contribution in [0, 0.1) is 0 Å². The van der Waals surface area contributed by atoms with Gasteiger partial charge in [0, 0.05) is 19.3 Å². The molecule has 0 aliphatic heterocycles. The van der Waals surface area contributed by atoms with Crippen molar-refractivity contribution in [3.05, 3.63) is 60.8 Å². The first kappa shape index (κ1) is 62.1. The van der Waals surface area contributed by atoms with Crippen molar-refractivity contribution in [2.45, 2.75) is 284 Å². The highest BCUT2D eigenvalue weighted by molar-refractivity contribution is 5.71. The van der Waals surface area contributed by atoms with Crippen LogP contribution in [0.2, 0.25) is 0 Å². The van der Waals surface area contributed by atoms with Crippen LogP contribution in [0.25, 0.3) is 0 Å². The molecule has 6 nitrogen and oxygen atoms in total. The second kappa shape index (κ2) is 53.7. The fourth-order valence-electron chi connectivity index (χ4n) is 7.74. The molecule has 0 aromatic carbocycles. The van der Waals surface area contributed by atoms with E-state index in [0.717, 1.165) is 96.3 Å². The predicted molar refractivity (Wildman–Crippen MR) is 279 cm³/mol. The van der Waals surface area contributed by atoms with Crippen LogP contribution in [-0.2, 0) is 28.6 Å². The molecule has 0 spiro atoms. The van der Waals surface area contributed by atoms with Gasteiger partial charge in [-0.05, 0) is 103 Å². The average Bonchev–Trinajstić information content (AvgIpc) is 3.30. The lowest BCUT2D eigenvalue weighted by Gasteiger charge is -2.18. The molecule has 0 amide bonds. The smallest absolute Gasteiger partial charge is 0.306 e. The van der Waals surface area contributed by atoms with E-state index in [1.807, 2.05) is 0 Å². The number of ether oxygens (including phenoxy) is 3. The van der Waals surface area contributed by atoms with E-state index in [9.17, 15) is 14.4 Å². The van der Waals surface area contributed by atoms with E-state index in [0.29, 0.717) is 19.3 Å². The lowest BCUT2D eigenvalue weighted by Crippen LogP contribution is -2.30. The first-order valence-electron chi connectivity index (χ1n) is 27.8. The molecule has 0 saturated carbocycles. The fourth-order valence-corrected chi connectivity index (χ4v) is 7.74. The van der Waals surface area contributed by atoms with Gasteiger partial charge in [-0.15, -0.1) is 0 Å². The molecule has 1 unspecified atom stereocenters. The van der Waals surface area contributed by atoms with Crippen LogP contribution in [0.15, 0.2) is 60.8 Å². The van der Waals surface area contributed by atoms with Crippen molar-refractivity contribution >= 4 is 17.9 Å². The molecule has 376 valence electrons. The normalized spacial score (nSPS) is 12.5. The Morgan fingerprint density at radius 1 is 0.308 bits per heavy atom. The van der Waals surface area contributed by atoms with E-state index in [2.05, 4.69) is 81.5 Å². The summed E-state index contributed by atoms with van der Waals surface area (Å²) in [6.07, 6.45) is 66.5. The van der Waals surface area contributed by atoms with Gasteiger partial charge in [0.25, 0.3) is 0 Å². The summed E-state index contributed by atoms with van der Waals surface area (Å²) < 4.78 is 16.8. The SMILES string of the molecule is CCC/C=C\CCCCCCCC(=O)OCC(COC(=O)CCCCCCCCCCCC/C=C\C/C=C\C/C=C\CCCCCCC)OC(=O)CCCCCCC/C=C\CCCCC. The first-order valence-corrected chi connectivity index (χ1v) is 27.8. The number of hydrogen-bond donors (Lipinski definition) is 0. The van der Waals surface area contributed by atoms with Gasteiger partial charge >= 0.3 is 17.9 Å². The maximum absolute atomic E-state index is 12.8. The van der Waals surface area contributed by atoms with Crippen molar-refractivity contribution in [2.75, 3.05) is 13.2 Å². The fraction of sp³-hybridized carbons (Fsp3) is 0.780. The van der Waals surface area contributed by atoms with Crippen LogP contribution < -0.4 is 0 Å². The molecule has 1 atom stereocenters. The third-order valence-electron chi connectivity index (χ3n) is 11.9. The molecule has 0 aliphatic rings. The third-order valence-corrected chi connectivity index (χ3v) is 11.9. The maximum Gasteiger partial charge on any atom is 0.306 e. The Morgan fingerprint density at radius 2 is 0.585 bits per heavy atom. The molecule has 0 aromatic rings. The van der Waals surface area contributed by atoms with Crippen LogP contribution in [0.4, 0.5) is 0 Å². The monoisotopic (exact) mass is 909 g/mol. The number of allylic oxidation sites excluding steroid dienone is 10. The lowest BCUT2D eigenvalue weighted by atomic mass is 10.1. The Balaban J connectivity index is 4.22. The van der Waals surface area contributed by atoms with Crippen molar-refractivity contribution in [2.24, 2.45) is 0 Å². The van der Waals surface area contributed by atoms with Crippen LogP contribution in [0.5, 0.6) is 0 Å². The summed E-state index contributed by atoms with van der Waals surface area (Å²) in [6.45, 7) is 6.53. The van der Waals surface area contributed by atoms with E-state index in [-0.39, 0.29) is 31.1 Å². The van der Waals surface area contributed by atoms with Crippen molar-refractivity contribution in [1.29, 1.82) is 0 Å². The summed E-state index contributed by atoms with van der Waals surface area (Å²) in [6, 6.07) is 0. The van der Waals surface area contributed by atoms with E-state index in [1.165, 1.54) is 141 Å². The number of rotatable bonds is 50.